The van der Waals surface area contributed by atoms with E-state index < -0.39 is 6.04 Å². The van der Waals surface area contributed by atoms with E-state index in [1.54, 1.807) is 6.07 Å². The van der Waals surface area contributed by atoms with Crippen molar-refractivity contribution in [2.24, 2.45) is 5.92 Å². The molecule has 1 heterocycles. The minimum Gasteiger partial charge on any atom is -0.467 e. The third-order valence-electron chi connectivity index (χ3n) is 3.41. The molecule has 0 saturated heterocycles. The lowest BCUT2D eigenvalue weighted by atomic mass is 10.0. The standard InChI is InChI=1S/C15H18Cl2N2O2/c1-8(2)13(15(20)21-4)19-11-7-5-6-10(17)12(11)18-14(19)9(3)16/h5-9,13H,1-4H3. The van der Waals surface area contributed by atoms with Crippen molar-refractivity contribution in [2.45, 2.75) is 32.2 Å². The molecule has 4 nitrogen and oxygen atoms in total. The summed E-state index contributed by atoms with van der Waals surface area (Å²) in [6.45, 7) is 5.74. The van der Waals surface area contributed by atoms with Crippen molar-refractivity contribution >= 4 is 40.2 Å². The Kier molecular flexibility index (Phi) is 4.79. The summed E-state index contributed by atoms with van der Waals surface area (Å²) in [5.74, 6) is 0.328. The summed E-state index contributed by atoms with van der Waals surface area (Å²) in [5, 5.41) is 0.191. The van der Waals surface area contributed by atoms with E-state index in [1.807, 2.05) is 37.5 Å². The van der Waals surface area contributed by atoms with Crippen LogP contribution in [0, 0.1) is 5.92 Å². The van der Waals surface area contributed by atoms with Gasteiger partial charge in [0, 0.05) is 0 Å². The van der Waals surface area contributed by atoms with Gasteiger partial charge in [0.05, 0.1) is 23.0 Å². The molecule has 0 spiro atoms. The molecule has 2 rings (SSSR count). The molecule has 0 radical (unpaired) electrons. The molecule has 1 aromatic heterocycles. The first-order chi connectivity index (χ1) is 9.88. The molecule has 1 aromatic carbocycles. The van der Waals surface area contributed by atoms with Gasteiger partial charge in [0.25, 0.3) is 0 Å². The number of hydrogen-bond donors (Lipinski definition) is 0. The largest absolute Gasteiger partial charge is 0.467 e. The predicted octanol–water partition coefficient (Wildman–Crippen LogP) is 4.36. The van der Waals surface area contributed by atoms with Gasteiger partial charge in [-0.2, -0.15) is 0 Å². The Hall–Kier alpha value is -1.26. The summed E-state index contributed by atoms with van der Waals surface area (Å²) in [5.41, 5.74) is 1.44. The molecule has 2 atom stereocenters. The van der Waals surface area contributed by atoms with Gasteiger partial charge in [0.15, 0.2) is 0 Å². The second-order valence-corrected chi connectivity index (χ2v) is 6.34. The number of carbonyl (C=O) groups is 1. The lowest BCUT2D eigenvalue weighted by molar-refractivity contribution is -0.146. The maximum Gasteiger partial charge on any atom is 0.329 e. The average Bonchev–Trinajstić information content (AvgIpc) is 2.80. The van der Waals surface area contributed by atoms with Gasteiger partial charge in [0.1, 0.15) is 17.4 Å². The first-order valence-electron chi connectivity index (χ1n) is 6.76. The van der Waals surface area contributed by atoms with Crippen molar-refractivity contribution in [1.82, 2.24) is 9.55 Å². The number of esters is 1. The van der Waals surface area contributed by atoms with Gasteiger partial charge >= 0.3 is 5.97 Å². The van der Waals surface area contributed by atoms with E-state index in [-0.39, 0.29) is 17.3 Å². The van der Waals surface area contributed by atoms with Crippen LogP contribution < -0.4 is 0 Å². The van der Waals surface area contributed by atoms with E-state index in [2.05, 4.69) is 4.98 Å². The summed E-state index contributed by atoms with van der Waals surface area (Å²) in [4.78, 5) is 16.7. The maximum atomic E-state index is 12.2. The number of nitrogens with zero attached hydrogens (tertiary/aromatic N) is 2. The van der Waals surface area contributed by atoms with E-state index >= 15 is 0 Å². The van der Waals surface area contributed by atoms with Crippen molar-refractivity contribution in [3.05, 3.63) is 29.0 Å². The fourth-order valence-electron chi connectivity index (χ4n) is 2.47. The summed E-state index contributed by atoms with van der Waals surface area (Å²) in [6, 6.07) is 5.00. The minimum absolute atomic E-state index is 0.0306. The minimum atomic E-state index is -0.491. The number of ether oxygens (including phenoxy) is 1. The number of benzene rings is 1. The molecule has 0 N–H and O–H groups in total. The molecule has 0 aliphatic heterocycles. The molecule has 2 aromatic rings. The SMILES string of the molecule is COC(=O)C(C(C)C)n1c(C(C)Cl)nc2c(Cl)cccc21. The Morgan fingerprint density at radius 3 is 2.52 bits per heavy atom. The fourth-order valence-corrected chi connectivity index (χ4v) is 2.84. The molecule has 2 unspecified atom stereocenters. The fraction of sp³-hybridized carbons (Fsp3) is 0.467. The zero-order chi connectivity index (χ0) is 15.7. The van der Waals surface area contributed by atoms with Crippen molar-refractivity contribution in [1.29, 1.82) is 0 Å². The van der Waals surface area contributed by atoms with E-state index in [0.717, 1.165) is 5.52 Å². The van der Waals surface area contributed by atoms with Gasteiger partial charge in [-0.25, -0.2) is 9.78 Å². The van der Waals surface area contributed by atoms with E-state index in [9.17, 15) is 4.79 Å². The van der Waals surface area contributed by atoms with Gasteiger partial charge in [-0.15, -0.1) is 11.6 Å². The Labute approximate surface area is 134 Å². The van der Waals surface area contributed by atoms with Crippen LogP contribution in [0.3, 0.4) is 0 Å². The molecule has 114 valence electrons. The monoisotopic (exact) mass is 328 g/mol. The number of aromatic nitrogens is 2. The summed E-state index contributed by atoms with van der Waals surface area (Å²) >= 11 is 12.5. The second-order valence-electron chi connectivity index (χ2n) is 5.28. The molecule has 0 aliphatic carbocycles. The van der Waals surface area contributed by atoms with Crippen molar-refractivity contribution < 1.29 is 9.53 Å². The van der Waals surface area contributed by atoms with Crippen LogP contribution in [0.25, 0.3) is 11.0 Å². The molecule has 0 bridgehead atoms. The van der Waals surface area contributed by atoms with Crippen LogP contribution in [-0.4, -0.2) is 22.6 Å². The van der Waals surface area contributed by atoms with E-state index in [4.69, 9.17) is 27.9 Å². The highest BCUT2D eigenvalue weighted by molar-refractivity contribution is 6.35. The van der Waals surface area contributed by atoms with Gasteiger partial charge in [-0.1, -0.05) is 31.5 Å². The number of alkyl halides is 1. The third kappa shape index (κ3) is 2.87. The topological polar surface area (TPSA) is 44.1 Å². The Morgan fingerprint density at radius 1 is 1.33 bits per heavy atom. The van der Waals surface area contributed by atoms with Gasteiger partial charge in [-0.05, 0) is 25.0 Å². The Bertz CT molecular complexity index is 665. The molecule has 0 saturated carbocycles. The van der Waals surface area contributed by atoms with Crippen LogP contribution in [0.5, 0.6) is 0 Å². The number of fused-ring (bicyclic) bond motifs is 1. The zero-order valence-corrected chi connectivity index (χ0v) is 13.9. The van der Waals surface area contributed by atoms with Crippen molar-refractivity contribution in [3.8, 4) is 0 Å². The predicted molar refractivity (Wildman–Crippen MR) is 84.9 cm³/mol. The number of para-hydroxylation sites is 1. The highest BCUT2D eigenvalue weighted by Crippen LogP contribution is 2.34. The second kappa shape index (κ2) is 6.24. The first-order valence-corrected chi connectivity index (χ1v) is 7.58. The van der Waals surface area contributed by atoms with Gasteiger partial charge in [0.2, 0.25) is 0 Å². The van der Waals surface area contributed by atoms with Crippen LogP contribution in [0.2, 0.25) is 5.02 Å². The highest BCUT2D eigenvalue weighted by Gasteiger charge is 2.30. The normalized spacial score (nSPS) is 14.4. The zero-order valence-electron chi connectivity index (χ0n) is 12.4. The Morgan fingerprint density at radius 2 is 2.00 bits per heavy atom. The quantitative estimate of drug-likeness (QED) is 0.618. The summed E-state index contributed by atoms with van der Waals surface area (Å²) in [7, 11) is 1.38. The van der Waals surface area contributed by atoms with Crippen LogP contribution in [-0.2, 0) is 9.53 Å². The Balaban J connectivity index is 2.78. The first kappa shape index (κ1) is 16.1. The van der Waals surface area contributed by atoms with Crippen molar-refractivity contribution in [3.63, 3.8) is 0 Å². The van der Waals surface area contributed by atoms with Crippen LogP contribution >= 0.6 is 23.2 Å². The lowest BCUT2D eigenvalue weighted by Gasteiger charge is -2.23. The molecular weight excluding hydrogens is 311 g/mol. The average molecular weight is 329 g/mol. The highest BCUT2D eigenvalue weighted by atomic mass is 35.5. The van der Waals surface area contributed by atoms with Gasteiger partial charge in [-0.3, -0.25) is 0 Å². The number of methoxy groups -OCH3 is 1. The van der Waals surface area contributed by atoms with Gasteiger partial charge < -0.3 is 9.30 Å². The van der Waals surface area contributed by atoms with Crippen LogP contribution in [0.4, 0.5) is 0 Å². The molecule has 21 heavy (non-hydrogen) atoms. The molecule has 6 heteroatoms. The third-order valence-corrected chi connectivity index (χ3v) is 3.91. The summed E-state index contributed by atoms with van der Waals surface area (Å²) < 4.78 is 6.79. The van der Waals surface area contributed by atoms with E-state index in [1.165, 1.54) is 7.11 Å². The summed E-state index contributed by atoms with van der Waals surface area (Å²) in [6.07, 6.45) is 0. The smallest absolute Gasteiger partial charge is 0.329 e. The molecule has 0 fully saturated rings. The number of rotatable bonds is 4. The van der Waals surface area contributed by atoms with Crippen molar-refractivity contribution in [2.75, 3.05) is 7.11 Å². The lowest BCUT2D eigenvalue weighted by Crippen LogP contribution is -2.27. The van der Waals surface area contributed by atoms with E-state index in [0.29, 0.717) is 16.4 Å². The molecule has 0 aliphatic rings. The maximum absolute atomic E-state index is 12.2. The van der Waals surface area contributed by atoms with Crippen LogP contribution in [0.15, 0.2) is 18.2 Å². The number of halogens is 2. The number of hydrogen-bond acceptors (Lipinski definition) is 3. The molecule has 0 amide bonds. The number of imidazole rings is 1. The van der Waals surface area contributed by atoms with Crippen LogP contribution in [0.1, 0.15) is 38.0 Å². The molecular formula is C15H18Cl2N2O2. The number of carbonyl (C=O) groups excluding carboxylic acids is 1.